The van der Waals surface area contributed by atoms with Gasteiger partial charge in [0.25, 0.3) is 5.91 Å². The molecule has 1 rings (SSSR count). The molecule has 0 unspecified atom stereocenters. The molecule has 20 heavy (non-hydrogen) atoms. The SMILES string of the molecule is COC(C)(C)CNC(=O)c1cc(Cl)nc(C(C)(C)C)c1. The number of amides is 1. The monoisotopic (exact) mass is 298 g/mol. The highest BCUT2D eigenvalue weighted by molar-refractivity contribution is 6.29. The molecule has 0 bridgehead atoms. The molecule has 5 heteroatoms. The van der Waals surface area contributed by atoms with Crippen molar-refractivity contribution in [1.82, 2.24) is 10.3 Å². The number of nitrogens with zero attached hydrogens (tertiary/aromatic N) is 1. The average Bonchev–Trinajstić information content (AvgIpc) is 2.34. The maximum absolute atomic E-state index is 12.2. The van der Waals surface area contributed by atoms with Crippen LogP contribution in [0.25, 0.3) is 0 Å². The van der Waals surface area contributed by atoms with Crippen LogP contribution in [0, 0.1) is 0 Å². The van der Waals surface area contributed by atoms with Gasteiger partial charge in [-0.3, -0.25) is 4.79 Å². The lowest BCUT2D eigenvalue weighted by molar-refractivity contribution is 0.0228. The summed E-state index contributed by atoms with van der Waals surface area (Å²) in [6.45, 7) is 10.3. The fourth-order valence-corrected chi connectivity index (χ4v) is 1.69. The van der Waals surface area contributed by atoms with Gasteiger partial charge in [0.1, 0.15) is 5.15 Å². The minimum absolute atomic E-state index is 0.161. The van der Waals surface area contributed by atoms with Crippen molar-refractivity contribution >= 4 is 17.5 Å². The molecule has 0 aliphatic carbocycles. The first-order valence-electron chi connectivity index (χ1n) is 6.56. The molecule has 0 fully saturated rings. The van der Waals surface area contributed by atoms with Crippen molar-refractivity contribution in [3.63, 3.8) is 0 Å². The standard InChI is InChI=1S/C15H23ClN2O2/c1-14(2,3)11-7-10(8-12(16)18-11)13(19)17-9-15(4,5)20-6/h7-8H,9H2,1-6H3,(H,17,19). The summed E-state index contributed by atoms with van der Waals surface area (Å²) in [6, 6.07) is 3.35. The fourth-order valence-electron chi connectivity index (χ4n) is 1.48. The Bertz CT molecular complexity index is 493. The van der Waals surface area contributed by atoms with E-state index in [-0.39, 0.29) is 11.3 Å². The molecule has 0 aliphatic heterocycles. The smallest absolute Gasteiger partial charge is 0.251 e. The Labute approximate surface area is 125 Å². The first-order chi connectivity index (χ1) is 9.05. The van der Waals surface area contributed by atoms with E-state index in [1.54, 1.807) is 19.2 Å². The molecule has 1 heterocycles. The Morgan fingerprint density at radius 3 is 2.40 bits per heavy atom. The first-order valence-corrected chi connectivity index (χ1v) is 6.94. The van der Waals surface area contributed by atoms with Crippen LogP contribution >= 0.6 is 11.6 Å². The Hall–Kier alpha value is -1.13. The highest BCUT2D eigenvalue weighted by Gasteiger charge is 2.21. The van der Waals surface area contributed by atoms with Gasteiger partial charge in [0.2, 0.25) is 0 Å². The molecule has 1 amide bonds. The minimum Gasteiger partial charge on any atom is -0.377 e. The van der Waals surface area contributed by atoms with E-state index in [4.69, 9.17) is 16.3 Å². The zero-order valence-electron chi connectivity index (χ0n) is 13.0. The number of nitrogens with one attached hydrogen (secondary N) is 1. The van der Waals surface area contributed by atoms with Crippen molar-refractivity contribution < 1.29 is 9.53 Å². The van der Waals surface area contributed by atoms with Crippen LogP contribution in [0.5, 0.6) is 0 Å². The third kappa shape index (κ3) is 4.76. The molecule has 1 N–H and O–H groups in total. The van der Waals surface area contributed by atoms with E-state index in [0.29, 0.717) is 17.3 Å². The van der Waals surface area contributed by atoms with Crippen LogP contribution < -0.4 is 5.32 Å². The molecule has 1 aromatic rings. The highest BCUT2D eigenvalue weighted by atomic mass is 35.5. The maximum Gasteiger partial charge on any atom is 0.251 e. The third-order valence-corrected chi connectivity index (χ3v) is 3.25. The van der Waals surface area contributed by atoms with Gasteiger partial charge in [-0.15, -0.1) is 0 Å². The lowest BCUT2D eigenvalue weighted by Crippen LogP contribution is -2.39. The van der Waals surface area contributed by atoms with Crippen LogP contribution in [-0.2, 0) is 10.2 Å². The Morgan fingerprint density at radius 1 is 1.30 bits per heavy atom. The van der Waals surface area contributed by atoms with Crippen molar-refractivity contribution in [2.24, 2.45) is 0 Å². The number of aromatic nitrogens is 1. The number of carbonyl (C=O) groups excluding carboxylic acids is 1. The number of hydrogen-bond donors (Lipinski definition) is 1. The predicted octanol–water partition coefficient (Wildman–Crippen LogP) is 3.19. The first kappa shape index (κ1) is 16.9. The maximum atomic E-state index is 12.2. The summed E-state index contributed by atoms with van der Waals surface area (Å²) in [6.07, 6.45) is 0. The van der Waals surface area contributed by atoms with Crippen LogP contribution in [0.15, 0.2) is 12.1 Å². The summed E-state index contributed by atoms with van der Waals surface area (Å²) in [5.74, 6) is -0.176. The second-order valence-corrected chi connectivity index (χ2v) is 6.85. The van der Waals surface area contributed by atoms with Gasteiger partial charge in [-0.25, -0.2) is 4.98 Å². The average molecular weight is 299 g/mol. The predicted molar refractivity (Wildman–Crippen MR) is 81.4 cm³/mol. The summed E-state index contributed by atoms with van der Waals surface area (Å²) in [7, 11) is 1.62. The molecule has 0 aromatic carbocycles. The van der Waals surface area contributed by atoms with Crippen LogP contribution in [0.4, 0.5) is 0 Å². The normalized spacial score (nSPS) is 12.3. The third-order valence-electron chi connectivity index (χ3n) is 3.05. The lowest BCUT2D eigenvalue weighted by Gasteiger charge is -2.23. The molecule has 0 saturated carbocycles. The van der Waals surface area contributed by atoms with E-state index < -0.39 is 5.60 Å². The molecule has 4 nitrogen and oxygen atoms in total. The van der Waals surface area contributed by atoms with Gasteiger partial charge in [-0.05, 0) is 26.0 Å². The van der Waals surface area contributed by atoms with Gasteiger partial charge < -0.3 is 10.1 Å². The zero-order valence-corrected chi connectivity index (χ0v) is 13.8. The molecule has 0 aliphatic rings. The van der Waals surface area contributed by atoms with E-state index >= 15 is 0 Å². The number of hydrogen-bond acceptors (Lipinski definition) is 3. The van der Waals surface area contributed by atoms with Crippen molar-refractivity contribution in [3.05, 3.63) is 28.5 Å². The van der Waals surface area contributed by atoms with E-state index in [9.17, 15) is 4.79 Å². The summed E-state index contributed by atoms with van der Waals surface area (Å²) < 4.78 is 5.27. The van der Waals surface area contributed by atoms with E-state index in [0.717, 1.165) is 5.69 Å². The minimum atomic E-state index is -0.403. The van der Waals surface area contributed by atoms with Gasteiger partial charge in [-0.2, -0.15) is 0 Å². The van der Waals surface area contributed by atoms with Gasteiger partial charge in [0.05, 0.1) is 5.60 Å². The molecule has 0 atom stereocenters. The number of carbonyl (C=O) groups is 1. The number of ether oxygens (including phenoxy) is 1. The van der Waals surface area contributed by atoms with Crippen LogP contribution in [0.2, 0.25) is 5.15 Å². The van der Waals surface area contributed by atoms with E-state index in [1.807, 2.05) is 34.6 Å². The molecule has 112 valence electrons. The molecule has 0 radical (unpaired) electrons. The molecular formula is C15H23ClN2O2. The highest BCUT2D eigenvalue weighted by Crippen LogP contribution is 2.23. The largest absolute Gasteiger partial charge is 0.377 e. The van der Waals surface area contributed by atoms with Gasteiger partial charge >= 0.3 is 0 Å². The second-order valence-electron chi connectivity index (χ2n) is 6.46. The Kier molecular flexibility index (Phi) is 5.16. The number of rotatable bonds is 4. The Balaban J connectivity index is 2.91. The van der Waals surface area contributed by atoms with Crippen molar-refractivity contribution in [3.8, 4) is 0 Å². The van der Waals surface area contributed by atoms with Gasteiger partial charge in [-0.1, -0.05) is 32.4 Å². The van der Waals surface area contributed by atoms with Crippen LogP contribution in [0.3, 0.4) is 0 Å². The summed E-state index contributed by atoms with van der Waals surface area (Å²) in [4.78, 5) is 16.5. The number of pyridine rings is 1. The second kappa shape index (κ2) is 6.10. The summed E-state index contributed by atoms with van der Waals surface area (Å²) in [5.41, 5.74) is 0.744. The van der Waals surface area contributed by atoms with Crippen molar-refractivity contribution in [2.45, 2.75) is 45.6 Å². The van der Waals surface area contributed by atoms with Gasteiger partial charge in [0, 0.05) is 30.3 Å². The van der Waals surface area contributed by atoms with Gasteiger partial charge in [0.15, 0.2) is 0 Å². The number of halogens is 1. The van der Waals surface area contributed by atoms with Crippen LogP contribution in [-0.4, -0.2) is 30.1 Å². The van der Waals surface area contributed by atoms with Crippen LogP contribution in [0.1, 0.15) is 50.7 Å². The Morgan fingerprint density at radius 2 is 1.90 bits per heavy atom. The zero-order chi connectivity index (χ0) is 15.6. The lowest BCUT2D eigenvalue weighted by atomic mass is 9.91. The van der Waals surface area contributed by atoms with E-state index in [1.165, 1.54) is 0 Å². The fraction of sp³-hybridized carbons (Fsp3) is 0.600. The summed E-state index contributed by atoms with van der Waals surface area (Å²) in [5, 5.41) is 3.17. The molecular weight excluding hydrogens is 276 g/mol. The van der Waals surface area contributed by atoms with Crippen molar-refractivity contribution in [1.29, 1.82) is 0 Å². The quantitative estimate of drug-likeness (QED) is 0.869. The van der Waals surface area contributed by atoms with E-state index in [2.05, 4.69) is 10.3 Å². The number of methoxy groups -OCH3 is 1. The topological polar surface area (TPSA) is 51.2 Å². The molecule has 0 saturated heterocycles. The molecule has 0 spiro atoms. The summed E-state index contributed by atoms with van der Waals surface area (Å²) >= 11 is 6.00. The van der Waals surface area contributed by atoms with Crippen molar-refractivity contribution in [2.75, 3.05) is 13.7 Å². The molecule has 1 aromatic heterocycles.